The summed E-state index contributed by atoms with van der Waals surface area (Å²) in [6.45, 7) is -0.181. The van der Waals surface area contributed by atoms with E-state index in [9.17, 15) is 4.39 Å². The third-order valence-corrected chi connectivity index (χ3v) is 3.29. The monoisotopic (exact) mass is 335 g/mol. The van der Waals surface area contributed by atoms with E-state index in [0.29, 0.717) is 17.1 Å². The topological polar surface area (TPSA) is 68.1 Å². The molecule has 0 saturated heterocycles. The Balaban J connectivity index is 1.99. The van der Waals surface area contributed by atoms with Gasteiger partial charge in [-0.25, -0.2) is 4.39 Å². The van der Waals surface area contributed by atoms with Gasteiger partial charge in [0.2, 0.25) is 5.88 Å². The van der Waals surface area contributed by atoms with Crippen LogP contribution in [0.2, 0.25) is 0 Å². The van der Waals surface area contributed by atoms with E-state index >= 15 is 0 Å². The minimum absolute atomic E-state index is 0.0575. The van der Waals surface area contributed by atoms with Crippen molar-refractivity contribution in [2.45, 2.75) is 0 Å². The standard InChI is InChI=1S/C19H14FN3O2/c20-16-10-8-15(9-11-16)18-21-19(25-13-5-4-12-24)17(22-23-18)14-6-2-1-3-7-14/h1-3,6-11,24H,12-13H2. The van der Waals surface area contributed by atoms with Gasteiger partial charge in [0.15, 0.2) is 18.1 Å². The Hall–Kier alpha value is -3.30. The summed E-state index contributed by atoms with van der Waals surface area (Å²) >= 11 is 0. The van der Waals surface area contributed by atoms with Crippen LogP contribution in [0.5, 0.6) is 5.88 Å². The number of hydrogen-bond acceptors (Lipinski definition) is 5. The van der Waals surface area contributed by atoms with Crippen LogP contribution in [0.15, 0.2) is 54.6 Å². The molecule has 1 N–H and O–H groups in total. The van der Waals surface area contributed by atoms with Crippen LogP contribution in [0.1, 0.15) is 0 Å². The molecule has 6 heteroatoms. The van der Waals surface area contributed by atoms with E-state index in [4.69, 9.17) is 9.84 Å². The number of benzene rings is 2. The van der Waals surface area contributed by atoms with Gasteiger partial charge >= 0.3 is 0 Å². The zero-order valence-electron chi connectivity index (χ0n) is 13.2. The predicted molar refractivity (Wildman–Crippen MR) is 91.0 cm³/mol. The van der Waals surface area contributed by atoms with Gasteiger partial charge in [-0.05, 0) is 24.3 Å². The van der Waals surface area contributed by atoms with Gasteiger partial charge < -0.3 is 9.84 Å². The fourth-order valence-corrected chi connectivity index (χ4v) is 2.12. The summed E-state index contributed by atoms with van der Waals surface area (Å²) in [5, 5.41) is 17.1. The van der Waals surface area contributed by atoms with Crippen LogP contribution in [0.25, 0.3) is 22.6 Å². The Labute approximate surface area is 144 Å². The molecule has 124 valence electrons. The van der Waals surface area contributed by atoms with Crippen molar-refractivity contribution in [3.63, 3.8) is 0 Å². The van der Waals surface area contributed by atoms with Gasteiger partial charge in [-0.2, -0.15) is 4.98 Å². The lowest BCUT2D eigenvalue weighted by atomic mass is 10.1. The van der Waals surface area contributed by atoms with E-state index in [1.807, 2.05) is 30.3 Å². The van der Waals surface area contributed by atoms with Crippen LogP contribution in [0.4, 0.5) is 4.39 Å². The van der Waals surface area contributed by atoms with Crippen molar-refractivity contribution in [2.75, 3.05) is 13.2 Å². The summed E-state index contributed by atoms with van der Waals surface area (Å²) in [5.41, 5.74) is 1.91. The largest absolute Gasteiger partial charge is 0.463 e. The smallest absolute Gasteiger partial charge is 0.245 e. The molecule has 0 aliphatic heterocycles. The van der Waals surface area contributed by atoms with Gasteiger partial charge in [-0.1, -0.05) is 42.2 Å². The first kappa shape index (κ1) is 16.6. The third kappa shape index (κ3) is 4.16. The van der Waals surface area contributed by atoms with Crippen LogP contribution >= 0.6 is 0 Å². The lowest BCUT2D eigenvalue weighted by molar-refractivity contribution is 0.344. The molecular weight excluding hydrogens is 321 g/mol. The zero-order valence-corrected chi connectivity index (χ0v) is 13.2. The van der Waals surface area contributed by atoms with Gasteiger partial charge in [0.05, 0.1) is 0 Å². The summed E-state index contributed by atoms with van der Waals surface area (Å²) in [7, 11) is 0. The maximum absolute atomic E-state index is 13.1. The maximum Gasteiger partial charge on any atom is 0.245 e. The molecule has 2 aromatic carbocycles. The second kappa shape index (κ2) is 7.99. The van der Waals surface area contributed by atoms with Crippen molar-refractivity contribution < 1.29 is 14.2 Å². The number of rotatable bonds is 4. The Kier molecular flexibility index (Phi) is 5.29. The van der Waals surface area contributed by atoms with E-state index in [0.717, 1.165) is 5.56 Å². The van der Waals surface area contributed by atoms with E-state index in [1.54, 1.807) is 12.1 Å². The van der Waals surface area contributed by atoms with Crippen LogP contribution < -0.4 is 4.74 Å². The molecular formula is C19H14FN3O2. The average molecular weight is 335 g/mol. The summed E-state index contributed by atoms with van der Waals surface area (Å²) in [4.78, 5) is 4.40. The Bertz CT molecular complexity index is 903. The first-order chi connectivity index (χ1) is 12.3. The maximum atomic E-state index is 13.1. The second-order valence-corrected chi connectivity index (χ2v) is 4.96. The quantitative estimate of drug-likeness (QED) is 0.743. The zero-order chi connectivity index (χ0) is 17.5. The molecule has 0 bridgehead atoms. The number of nitrogens with zero attached hydrogens (tertiary/aromatic N) is 3. The average Bonchev–Trinajstić information content (AvgIpc) is 2.66. The molecule has 25 heavy (non-hydrogen) atoms. The molecule has 0 radical (unpaired) electrons. The summed E-state index contributed by atoms with van der Waals surface area (Å²) < 4.78 is 18.7. The Morgan fingerprint density at radius 3 is 2.40 bits per heavy atom. The number of hydrogen-bond donors (Lipinski definition) is 1. The molecule has 0 spiro atoms. The van der Waals surface area contributed by atoms with Crippen molar-refractivity contribution in [3.8, 4) is 40.4 Å². The lowest BCUT2D eigenvalue weighted by Crippen LogP contribution is -2.04. The van der Waals surface area contributed by atoms with Crippen LogP contribution in [0, 0.1) is 17.7 Å². The highest BCUT2D eigenvalue weighted by molar-refractivity contribution is 5.65. The summed E-state index contributed by atoms with van der Waals surface area (Å²) in [6.07, 6.45) is 0. The molecule has 0 saturated carbocycles. The van der Waals surface area contributed by atoms with Crippen molar-refractivity contribution in [3.05, 3.63) is 60.4 Å². The molecule has 0 atom stereocenters. The normalized spacial score (nSPS) is 10.0. The van der Waals surface area contributed by atoms with Gasteiger partial charge in [-0.3, -0.25) is 0 Å². The molecule has 1 heterocycles. The van der Waals surface area contributed by atoms with E-state index in [2.05, 4.69) is 27.0 Å². The Morgan fingerprint density at radius 1 is 0.920 bits per heavy atom. The molecule has 0 aliphatic carbocycles. The van der Waals surface area contributed by atoms with Gasteiger partial charge in [0.1, 0.15) is 12.4 Å². The summed E-state index contributed by atoms with van der Waals surface area (Å²) in [6, 6.07) is 15.2. The van der Waals surface area contributed by atoms with E-state index in [-0.39, 0.29) is 24.9 Å². The van der Waals surface area contributed by atoms with Crippen LogP contribution in [-0.2, 0) is 0 Å². The van der Waals surface area contributed by atoms with E-state index in [1.165, 1.54) is 12.1 Å². The highest BCUT2D eigenvalue weighted by Crippen LogP contribution is 2.27. The number of aliphatic hydroxyl groups excluding tert-OH is 1. The number of halogens is 1. The first-order valence-corrected chi connectivity index (χ1v) is 7.53. The molecule has 3 aromatic rings. The SMILES string of the molecule is OCC#CCOc1nc(-c2ccc(F)cc2)nnc1-c1ccccc1. The lowest BCUT2D eigenvalue weighted by Gasteiger charge is -2.09. The van der Waals surface area contributed by atoms with Gasteiger partial charge in [-0.15, -0.1) is 10.2 Å². The first-order valence-electron chi connectivity index (χ1n) is 7.53. The van der Waals surface area contributed by atoms with Crippen molar-refractivity contribution in [2.24, 2.45) is 0 Å². The molecule has 0 fully saturated rings. The predicted octanol–water partition coefficient (Wildman–Crippen LogP) is 2.72. The number of ether oxygens (including phenoxy) is 1. The minimum atomic E-state index is -0.339. The summed E-state index contributed by atoms with van der Waals surface area (Å²) in [5.74, 6) is 5.43. The van der Waals surface area contributed by atoms with Crippen LogP contribution in [0.3, 0.4) is 0 Å². The number of aromatic nitrogens is 3. The molecule has 1 aromatic heterocycles. The molecule has 5 nitrogen and oxygen atoms in total. The fraction of sp³-hybridized carbons (Fsp3) is 0.105. The molecule has 0 aliphatic rings. The van der Waals surface area contributed by atoms with Gasteiger partial charge in [0.25, 0.3) is 0 Å². The highest BCUT2D eigenvalue weighted by atomic mass is 19.1. The van der Waals surface area contributed by atoms with E-state index < -0.39 is 0 Å². The number of aliphatic hydroxyl groups is 1. The van der Waals surface area contributed by atoms with Crippen molar-refractivity contribution in [1.82, 2.24) is 15.2 Å². The molecule has 0 amide bonds. The third-order valence-electron chi connectivity index (χ3n) is 3.29. The van der Waals surface area contributed by atoms with Crippen LogP contribution in [-0.4, -0.2) is 33.5 Å². The highest BCUT2D eigenvalue weighted by Gasteiger charge is 2.13. The second-order valence-electron chi connectivity index (χ2n) is 4.96. The van der Waals surface area contributed by atoms with Crippen molar-refractivity contribution in [1.29, 1.82) is 0 Å². The molecule has 3 rings (SSSR count). The fourth-order valence-electron chi connectivity index (χ4n) is 2.12. The van der Waals surface area contributed by atoms with Gasteiger partial charge in [0, 0.05) is 11.1 Å². The van der Waals surface area contributed by atoms with Crippen molar-refractivity contribution >= 4 is 0 Å². The Morgan fingerprint density at radius 2 is 1.68 bits per heavy atom. The molecule has 0 unspecified atom stereocenters. The minimum Gasteiger partial charge on any atom is -0.463 e.